The second-order valence-corrected chi connectivity index (χ2v) is 5.51. The van der Waals surface area contributed by atoms with Crippen LogP contribution < -0.4 is 5.32 Å². The average Bonchev–Trinajstić information content (AvgIpc) is 2.12. The van der Waals surface area contributed by atoms with Gasteiger partial charge in [0.05, 0.1) is 0 Å². The van der Waals surface area contributed by atoms with Crippen molar-refractivity contribution >= 4 is 18.0 Å². The van der Waals surface area contributed by atoms with Crippen molar-refractivity contribution in [2.75, 3.05) is 0 Å². The second kappa shape index (κ2) is 6.40. The predicted octanol–water partition coefficient (Wildman–Crippen LogP) is 1.61. The summed E-state index contributed by atoms with van der Waals surface area (Å²) in [5.74, 6) is -2.24. The predicted molar refractivity (Wildman–Crippen MR) is 66.9 cm³/mol. The van der Waals surface area contributed by atoms with E-state index in [0.29, 0.717) is 0 Å². The quantitative estimate of drug-likeness (QED) is 0.678. The van der Waals surface area contributed by atoms with Crippen molar-refractivity contribution in [2.24, 2.45) is 0 Å². The minimum atomic E-state index is -1.54. The number of carbonyl (C=O) groups excluding carboxylic acids is 1. The standard InChI is InChI=1S/C12H21NO6/c1-11(2,3)19-10(18)13-12(4,9(16)17)7-5-6-8(14)15/h5-7H2,1-4H3,(H,13,18)(H,14,15)(H,16,17)/t12-/m1/s1. The van der Waals surface area contributed by atoms with Gasteiger partial charge < -0.3 is 20.3 Å². The van der Waals surface area contributed by atoms with Crippen LogP contribution in [0.15, 0.2) is 0 Å². The maximum Gasteiger partial charge on any atom is 0.408 e. The Hall–Kier alpha value is -1.79. The monoisotopic (exact) mass is 275 g/mol. The first kappa shape index (κ1) is 17.2. The number of carboxylic acids is 2. The lowest BCUT2D eigenvalue weighted by Crippen LogP contribution is -2.53. The zero-order valence-electron chi connectivity index (χ0n) is 11.6. The first-order chi connectivity index (χ1) is 8.46. The van der Waals surface area contributed by atoms with Crippen molar-refractivity contribution in [2.45, 2.75) is 58.1 Å². The number of carbonyl (C=O) groups is 3. The summed E-state index contributed by atoms with van der Waals surface area (Å²) in [6.07, 6.45) is -0.839. The fraction of sp³-hybridized carbons (Fsp3) is 0.750. The van der Waals surface area contributed by atoms with Crippen molar-refractivity contribution in [1.82, 2.24) is 5.32 Å². The van der Waals surface area contributed by atoms with Crippen LogP contribution in [0.1, 0.15) is 47.0 Å². The number of hydrogen-bond acceptors (Lipinski definition) is 4. The van der Waals surface area contributed by atoms with Gasteiger partial charge in [-0.15, -0.1) is 0 Å². The molecule has 0 aliphatic heterocycles. The first-order valence-electron chi connectivity index (χ1n) is 5.92. The number of alkyl carbamates (subject to hydrolysis) is 1. The molecule has 3 N–H and O–H groups in total. The van der Waals surface area contributed by atoms with Gasteiger partial charge in [0, 0.05) is 6.42 Å². The molecule has 0 aromatic heterocycles. The Morgan fingerprint density at radius 1 is 1.11 bits per heavy atom. The van der Waals surface area contributed by atoms with E-state index in [4.69, 9.17) is 14.9 Å². The Labute approximate surface area is 111 Å². The van der Waals surface area contributed by atoms with E-state index in [1.807, 2.05) is 0 Å². The number of nitrogens with one attached hydrogen (secondary N) is 1. The van der Waals surface area contributed by atoms with Crippen molar-refractivity contribution < 1.29 is 29.3 Å². The number of hydrogen-bond donors (Lipinski definition) is 3. The summed E-state index contributed by atoms with van der Waals surface area (Å²) in [7, 11) is 0. The Bertz CT molecular complexity index is 360. The lowest BCUT2D eigenvalue weighted by atomic mass is 9.95. The van der Waals surface area contributed by atoms with Gasteiger partial charge in [-0.1, -0.05) is 0 Å². The van der Waals surface area contributed by atoms with E-state index in [-0.39, 0.29) is 19.3 Å². The molecule has 0 saturated heterocycles. The Kier molecular flexibility index (Phi) is 5.80. The van der Waals surface area contributed by atoms with Crippen LogP contribution in [0.25, 0.3) is 0 Å². The van der Waals surface area contributed by atoms with Crippen molar-refractivity contribution in [1.29, 1.82) is 0 Å². The molecular weight excluding hydrogens is 254 g/mol. The minimum absolute atomic E-state index is 0.00781. The summed E-state index contributed by atoms with van der Waals surface area (Å²) in [4.78, 5) is 33.1. The van der Waals surface area contributed by atoms with Crippen molar-refractivity contribution in [3.05, 3.63) is 0 Å². The van der Waals surface area contributed by atoms with Crippen LogP contribution in [-0.4, -0.2) is 39.4 Å². The molecule has 0 aliphatic carbocycles. The summed E-state index contributed by atoms with van der Waals surface area (Å²) in [6, 6.07) is 0. The van der Waals surface area contributed by atoms with Crippen molar-refractivity contribution in [3.8, 4) is 0 Å². The molecule has 0 aromatic rings. The molecule has 19 heavy (non-hydrogen) atoms. The SMILES string of the molecule is CC(C)(C)OC(=O)N[C@](C)(CCCC(=O)O)C(=O)O. The number of aliphatic carboxylic acids is 2. The topological polar surface area (TPSA) is 113 Å². The normalized spacial score (nSPS) is 14.3. The van der Waals surface area contributed by atoms with E-state index in [2.05, 4.69) is 5.32 Å². The zero-order chi connectivity index (χ0) is 15.3. The van der Waals surface area contributed by atoms with Crippen LogP contribution in [0.2, 0.25) is 0 Å². The second-order valence-electron chi connectivity index (χ2n) is 5.51. The third-order valence-corrected chi connectivity index (χ3v) is 2.32. The molecule has 0 aromatic carbocycles. The fourth-order valence-corrected chi connectivity index (χ4v) is 1.34. The first-order valence-corrected chi connectivity index (χ1v) is 5.92. The molecule has 0 aliphatic rings. The molecular formula is C12H21NO6. The van der Waals surface area contributed by atoms with Crippen LogP contribution in [-0.2, 0) is 14.3 Å². The summed E-state index contributed by atoms with van der Waals surface area (Å²) < 4.78 is 4.98. The van der Waals surface area contributed by atoms with E-state index in [1.54, 1.807) is 20.8 Å². The van der Waals surface area contributed by atoms with Crippen molar-refractivity contribution in [3.63, 3.8) is 0 Å². The lowest BCUT2D eigenvalue weighted by Gasteiger charge is -2.28. The summed E-state index contributed by atoms with van der Waals surface area (Å²) in [5, 5.41) is 19.9. The molecule has 1 amide bonds. The highest BCUT2D eigenvalue weighted by atomic mass is 16.6. The number of rotatable bonds is 6. The van der Waals surface area contributed by atoms with Gasteiger partial charge in [0.25, 0.3) is 0 Å². The molecule has 110 valence electrons. The smallest absolute Gasteiger partial charge is 0.408 e. The molecule has 0 saturated carbocycles. The number of carboxylic acid groups (broad SMARTS) is 2. The lowest BCUT2D eigenvalue weighted by molar-refractivity contribution is -0.145. The van der Waals surface area contributed by atoms with E-state index in [0.717, 1.165) is 0 Å². The third-order valence-electron chi connectivity index (χ3n) is 2.32. The number of ether oxygens (including phenoxy) is 1. The molecule has 1 atom stereocenters. The molecule has 0 fully saturated rings. The Morgan fingerprint density at radius 3 is 2.00 bits per heavy atom. The molecule has 0 unspecified atom stereocenters. The minimum Gasteiger partial charge on any atom is -0.481 e. The molecule has 7 heteroatoms. The van der Waals surface area contributed by atoms with Gasteiger partial charge in [0.2, 0.25) is 0 Å². The molecule has 0 heterocycles. The van der Waals surface area contributed by atoms with Crippen LogP contribution in [0.3, 0.4) is 0 Å². The van der Waals surface area contributed by atoms with Gasteiger partial charge >= 0.3 is 18.0 Å². The summed E-state index contributed by atoms with van der Waals surface area (Å²) in [5.41, 5.74) is -2.28. The van der Waals surface area contributed by atoms with Gasteiger partial charge in [-0.05, 0) is 40.5 Å². The molecule has 7 nitrogen and oxygen atoms in total. The van der Waals surface area contributed by atoms with Gasteiger partial charge in [0.1, 0.15) is 11.1 Å². The average molecular weight is 275 g/mol. The van der Waals surface area contributed by atoms with Gasteiger partial charge in [-0.2, -0.15) is 0 Å². The van der Waals surface area contributed by atoms with Crippen LogP contribution in [0, 0.1) is 0 Å². The van der Waals surface area contributed by atoms with Gasteiger partial charge in [-0.25, -0.2) is 9.59 Å². The van der Waals surface area contributed by atoms with E-state index in [1.165, 1.54) is 6.92 Å². The molecule has 0 spiro atoms. The highest BCUT2D eigenvalue weighted by molar-refractivity contribution is 5.84. The van der Waals surface area contributed by atoms with E-state index < -0.39 is 29.2 Å². The number of amides is 1. The highest BCUT2D eigenvalue weighted by Crippen LogP contribution is 2.16. The largest absolute Gasteiger partial charge is 0.481 e. The maximum atomic E-state index is 11.6. The van der Waals surface area contributed by atoms with Gasteiger partial charge in [0.15, 0.2) is 0 Å². The fourth-order valence-electron chi connectivity index (χ4n) is 1.34. The Morgan fingerprint density at radius 2 is 1.63 bits per heavy atom. The molecule has 0 bridgehead atoms. The van der Waals surface area contributed by atoms with Crippen LogP contribution in [0.5, 0.6) is 0 Å². The summed E-state index contributed by atoms with van der Waals surface area (Å²) >= 11 is 0. The molecule has 0 rings (SSSR count). The third kappa shape index (κ3) is 7.28. The van der Waals surface area contributed by atoms with Gasteiger partial charge in [-0.3, -0.25) is 4.79 Å². The highest BCUT2D eigenvalue weighted by Gasteiger charge is 2.36. The Balaban J connectivity index is 4.58. The van der Waals surface area contributed by atoms with E-state index >= 15 is 0 Å². The van der Waals surface area contributed by atoms with E-state index in [9.17, 15) is 14.4 Å². The maximum absolute atomic E-state index is 11.6. The molecule has 0 radical (unpaired) electrons. The summed E-state index contributed by atoms with van der Waals surface area (Å²) in [6.45, 7) is 6.31. The van der Waals surface area contributed by atoms with Crippen LogP contribution >= 0.6 is 0 Å². The van der Waals surface area contributed by atoms with Crippen LogP contribution in [0.4, 0.5) is 4.79 Å². The zero-order valence-corrected chi connectivity index (χ0v) is 11.6.